The third kappa shape index (κ3) is 6.92. The Morgan fingerprint density at radius 1 is 1.32 bits per heavy atom. The standard InChI is InChI=1S/C19H30N2O4/c1-19(2,3)21-18(22)13-25-16-8-7-14(10-17(16)23-4)11-20-12-15-6-5-9-24-15/h7-8,10,15,20H,5-6,9,11-13H2,1-4H3,(H,21,22). The van der Waals surface area contributed by atoms with E-state index in [2.05, 4.69) is 10.6 Å². The molecule has 1 aliphatic heterocycles. The molecular weight excluding hydrogens is 320 g/mol. The van der Waals surface area contributed by atoms with Crippen molar-refractivity contribution < 1.29 is 19.0 Å². The van der Waals surface area contributed by atoms with Crippen molar-refractivity contribution in [2.75, 3.05) is 26.9 Å². The van der Waals surface area contributed by atoms with Crippen LogP contribution < -0.4 is 20.1 Å². The van der Waals surface area contributed by atoms with Crippen LogP contribution in [0.2, 0.25) is 0 Å². The van der Waals surface area contributed by atoms with Crippen LogP contribution in [-0.2, 0) is 16.1 Å². The van der Waals surface area contributed by atoms with Crippen molar-refractivity contribution in [3.8, 4) is 11.5 Å². The van der Waals surface area contributed by atoms with Crippen molar-refractivity contribution in [2.24, 2.45) is 0 Å². The number of hydrogen-bond donors (Lipinski definition) is 2. The molecular formula is C19H30N2O4. The molecule has 1 aromatic rings. The van der Waals surface area contributed by atoms with Crippen molar-refractivity contribution in [2.45, 2.75) is 51.8 Å². The Kier molecular flexibility index (Phi) is 7.08. The minimum Gasteiger partial charge on any atom is -0.493 e. The topological polar surface area (TPSA) is 68.8 Å². The summed E-state index contributed by atoms with van der Waals surface area (Å²) >= 11 is 0. The number of methoxy groups -OCH3 is 1. The highest BCUT2D eigenvalue weighted by molar-refractivity contribution is 5.78. The molecule has 0 aliphatic carbocycles. The summed E-state index contributed by atoms with van der Waals surface area (Å²) in [4.78, 5) is 11.9. The van der Waals surface area contributed by atoms with Crippen LogP contribution in [0.3, 0.4) is 0 Å². The zero-order valence-electron chi connectivity index (χ0n) is 15.7. The number of amides is 1. The van der Waals surface area contributed by atoms with E-state index in [1.807, 2.05) is 39.0 Å². The van der Waals surface area contributed by atoms with Crippen molar-refractivity contribution in [3.63, 3.8) is 0 Å². The van der Waals surface area contributed by atoms with Crippen LogP contribution in [-0.4, -0.2) is 44.4 Å². The third-order valence-electron chi connectivity index (χ3n) is 3.83. The smallest absolute Gasteiger partial charge is 0.258 e. The van der Waals surface area contributed by atoms with Gasteiger partial charge in [-0.05, 0) is 51.3 Å². The predicted octanol–water partition coefficient (Wildman–Crippen LogP) is 2.26. The molecule has 0 spiro atoms. The van der Waals surface area contributed by atoms with Crippen LogP contribution in [0.15, 0.2) is 18.2 Å². The Hall–Kier alpha value is -1.79. The molecule has 2 N–H and O–H groups in total. The van der Waals surface area contributed by atoms with Gasteiger partial charge in [-0.25, -0.2) is 0 Å². The highest BCUT2D eigenvalue weighted by Crippen LogP contribution is 2.28. The van der Waals surface area contributed by atoms with E-state index in [9.17, 15) is 4.79 Å². The maximum atomic E-state index is 11.9. The van der Waals surface area contributed by atoms with Crippen molar-refractivity contribution in [1.82, 2.24) is 10.6 Å². The maximum Gasteiger partial charge on any atom is 0.258 e. The summed E-state index contributed by atoms with van der Waals surface area (Å²) in [7, 11) is 1.60. The van der Waals surface area contributed by atoms with Gasteiger partial charge < -0.3 is 24.8 Å². The van der Waals surface area contributed by atoms with Gasteiger partial charge in [0.25, 0.3) is 5.91 Å². The largest absolute Gasteiger partial charge is 0.493 e. The Balaban J connectivity index is 1.84. The van der Waals surface area contributed by atoms with Gasteiger partial charge in [0, 0.05) is 25.2 Å². The molecule has 1 aromatic carbocycles. The molecule has 0 bridgehead atoms. The Morgan fingerprint density at radius 2 is 2.12 bits per heavy atom. The van der Waals surface area contributed by atoms with Gasteiger partial charge in [0.15, 0.2) is 18.1 Å². The summed E-state index contributed by atoms with van der Waals surface area (Å²) in [5.74, 6) is 1.03. The molecule has 140 valence electrons. The normalized spacial score (nSPS) is 17.4. The fraction of sp³-hybridized carbons (Fsp3) is 0.632. The number of hydrogen-bond acceptors (Lipinski definition) is 5. The van der Waals surface area contributed by atoms with Crippen LogP contribution in [0.5, 0.6) is 11.5 Å². The first-order valence-electron chi connectivity index (χ1n) is 8.80. The van der Waals surface area contributed by atoms with Gasteiger partial charge in [-0.15, -0.1) is 0 Å². The number of ether oxygens (including phenoxy) is 3. The molecule has 1 aliphatic rings. The van der Waals surface area contributed by atoms with Gasteiger partial charge in [0.1, 0.15) is 0 Å². The monoisotopic (exact) mass is 350 g/mol. The lowest BCUT2D eigenvalue weighted by Gasteiger charge is -2.20. The van der Waals surface area contributed by atoms with Gasteiger partial charge in [-0.3, -0.25) is 4.79 Å². The second-order valence-electron chi connectivity index (χ2n) is 7.34. The lowest BCUT2D eigenvalue weighted by atomic mass is 10.1. The molecule has 25 heavy (non-hydrogen) atoms. The van der Waals surface area contributed by atoms with E-state index in [0.29, 0.717) is 17.6 Å². The minimum atomic E-state index is -0.275. The molecule has 0 saturated carbocycles. The molecule has 1 atom stereocenters. The Morgan fingerprint density at radius 3 is 2.76 bits per heavy atom. The molecule has 0 aromatic heterocycles. The highest BCUT2D eigenvalue weighted by Gasteiger charge is 2.16. The van der Waals surface area contributed by atoms with E-state index >= 15 is 0 Å². The second-order valence-corrected chi connectivity index (χ2v) is 7.34. The summed E-state index contributed by atoms with van der Waals surface area (Å²) in [6, 6.07) is 5.74. The van der Waals surface area contributed by atoms with Crippen LogP contribution in [0.1, 0.15) is 39.2 Å². The summed E-state index contributed by atoms with van der Waals surface area (Å²) < 4.78 is 16.6. The fourth-order valence-electron chi connectivity index (χ4n) is 2.72. The Labute approximate surface area is 150 Å². The van der Waals surface area contributed by atoms with Crippen molar-refractivity contribution >= 4 is 5.91 Å². The van der Waals surface area contributed by atoms with E-state index in [0.717, 1.165) is 38.1 Å². The molecule has 1 fully saturated rings. The molecule has 1 unspecified atom stereocenters. The van der Waals surface area contributed by atoms with E-state index in [4.69, 9.17) is 14.2 Å². The summed E-state index contributed by atoms with van der Waals surface area (Å²) in [6.07, 6.45) is 2.60. The number of nitrogens with one attached hydrogen (secondary N) is 2. The lowest BCUT2D eigenvalue weighted by Crippen LogP contribution is -2.43. The summed E-state index contributed by atoms with van der Waals surface area (Å²) in [5, 5.41) is 6.27. The molecule has 1 amide bonds. The first-order chi connectivity index (χ1) is 11.9. The van der Waals surface area contributed by atoms with Crippen LogP contribution in [0.4, 0.5) is 0 Å². The number of rotatable bonds is 8. The van der Waals surface area contributed by atoms with E-state index in [-0.39, 0.29) is 18.1 Å². The number of benzene rings is 1. The summed E-state index contributed by atoms with van der Waals surface area (Å²) in [6.45, 7) is 8.23. The van der Waals surface area contributed by atoms with Gasteiger partial charge in [-0.1, -0.05) is 6.07 Å². The van der Waals surface area contributed by atoms with E-state index < -0.39 is 0 Å². The first kappa shape index (κ1) is 19.5. The maximum absolute atomic E-state index is 11.9. The third-order valence-corrected chi connectivity index (χ3v) is 3.83. The van der Waals surface area contributed by atoms with Gasteiger partial charge in [-0.2, -0.15) is 0 Å². The van der Waals surface area contributed by atoms with Crippen LogP contribution >= 0.6 is 0 Å². The van der Waals surface area contributed by atoms with Crippen molar-refractivity contribution in [1.29, 1.82) is 0 Å². The zero-order chi connectivity index (χ0) is 18.3. The zero-order valence-corrected chi connectivity index (χ0v) is 15.7. The molecule has 0 radical (unpaired) electrons. The highest BCUT2D eigenvalue weighted by atomic mass is 16.5. The average Bonchev–Trinajstić information content (AvgIpc) is 3.05. The number of carbonyl (C=O) groups excluding carboxylic acids is 1. The summed E-state index contributed by atoms with van der Waals surface area (Å²) in [5.41, 5.74) is 0.824. The molecule has 2 rings (SSSR count). The second kappa shape index (κ2) is 9.06. The van der Waals surface area contributed by atoms with Gasteiger partial charge in [0.2, 0.25) is 0 Å². The Bertz CT molecular complexity index is 563. The minimum absolute atomic E-state index is 0.0375. The first-order valence-corrected chi connectivity index (χ1v) is 8.80. The molecule has 1 heterocycles. The van der Waals surface area contributed by atoms with Crippen molar-refractivity contribution in [3.05, 3.63) is 23.8 Å². The molecule has 1 saturated heterocycles. The average molecular weight is 350 g/mol. The SMILES string of the molecule is COc1cc(CNCC2CCCO2)ccc1OCC(=O)NC(C)(C)C. The molecule has 6 nitrogen and oxygen atoms in total. The predicted molar refractivity (Wildman–Crippen MR) is 97.1 cm³/mol. The van der Waals surface area contributed by atoms with Crippen LogP contribution in [0, 0.1) is 0 Å². The fourth-order valence-corrected chi connectivity index (χ4v) is 2.72. The van der Waals surface area contributed by atoms with E-state index in [1.54, 1.807) is 7.11 Å². The van der Waals surface area contributed by atoms with Crippen LogP contribution in [0.25, 0.3) is 0 Å². The molecule has 6 heteroatoms. The quantitative estimate of drug-likeness (QED) is 0.753. The van der Waals surface area contributed by atoms with Gasteiger partial charge in [0.05, 0.1) is 13.2 Å². The lowest BCUT2D eigenvalue weighted by molar-refractivity contribution is -0.124. The number of carbonyl (C=O) groups is 1. The van der Waals surface area contributed by atoms with E-state index in [1.165, 1.54) is 0 Å². The van der Waals surface area contributed by atoms with Gasteiger partial charge >= 0.3 is 0 Å².